The molecule has 0 N–H and O–H groups in total. The maximum Gasteiger partial charge on any atom is 0.319 e. The van der Waals surface area contributed by atoms with Crippen LogP contribution in [0.1, 0.15) is 32.1 Å². The Morgan fingerprint density at radius 1 is 1.22 bits per heavy atom. The van der Waals surface area contributed by atoms with Crippen LogP contribution in [-0.2, 0) is 4.79 Å². The van der Waals surface area contributed by atoms with Gasteiger partial charge in [0.2, 0.25) is 5.91 Å². The Bertz CT molecular complexity index is 1890. The van der Waals surface area contributed by atoms with Crippen LogP contribution in [0.3, 0.4) is 0 Å². The largest absolute Gasteiger partial charge is 0.463 e. The fourth-order valence-corrected chi connectivity index (χ4v) is 8.13. The molecule has 3 aliphatic rings. The maximum absolute atomic E-state index is 16.8. The van der Waals surface area contributed by atoms with Gasteiger partial charge in [-0.05, 0) is 50.4 Å². The zero-order valence-corrected chi connectivity index (χ0v) is 26.5. The van der Waals surface area contributed by atoms with Gasteiger partial charge in [0.1, 0.15) is 17.0 Å². The minimum atomic E-state index is -0.593. The van der Waals surface area contributed by atoms with Gasteiger partial charge in [-0.15, -0.1) is 0 Å². The number of ether oxygens (including phenoxy) is 1. The Balaban J connectivity index is 1.33. The summed E-state index contributed by atoms with van der Waals surface area (Å²) in [5.74, 6) is -0.356. The maximum atomic E-state index is 16.8. The topological polar surface area (TPSA) is 98.5 Å². The second-order valence-electron chi connectivity index (χ2n) is 12.6. The predicted molar refractivity (Wildman–Crippen MR) is 176 cm³/mol. The van der Waals surface area contributed by atoms with Gasteiger partial charge in [0.15, 0.2) is 5.82 Å². The van der Waals surface area contributed by atoms with Crippen molar-refractivity contribution in [3.05, 3.63) is 66.1 Å². The first kappa shape index (κ1) is 30.3. The number of halogens is 2. The molecule has 11 heteroatoms. The summed E-state index contributed by atoms with van der Waals surface area (Å²) in [5.41, 5.74) is 0.818. The summed E-state index contributed by atoms with van der Waals surface area (Å²) in [6.45, 7) is 6.20. The Hall–Kier alpha value is -4.33. The third-order valence-electron chi connectivity index (χ3n) is 10.2. The van der Waals surface area contributed by atoms with E-state index in [4.69, 9.17) is 21.3 Å². The summed E-state index contributed by atoms with van der Waals surface area (Å²) in [4.78, 5) is 32.8. The number of carbonyl (C=O) groups is 1. The van der Waals surface area contributed by atoms with Crippen LogP contribution in [0.5, 0.6) is 6.01 Å². The van der Waals surface area contributed by atoms with Crippen molar-refractivity contribution in [1.29, 1.82) is 5.26 Å². The van der Waals surface area contributed by atoms with E-state index >= 15 is 4.39 Å². The molecule has 9 nitrogen and oxygen atoms in total. The number of carbonyl (C=O) groups excluding carboxylic acids is 1. The summed E-state index contributed by atoms with van der Waals surface area (Å²) < 4.78 is 23.2. The van der Waals surface area contributed by atoms with Crippen LogP contribution in [0.25, 0.3) is 32.9 Å². The molecule has 1 aliphatic carbocycles. The number of rotatable bonds is 7. The van der Waals surface area contributed by atoms with Gasteiger partial charge in [0, 0.05) is 53.3 Å². The SMILES string of the molecule is C=CC(=O)N1CCN(c2nc(OCC34CCCC3N(C)CC4)nc3c(F)c(-c4cccc5cccc(Cl)c45)ncc23)C[C@@H]1CC#N. The molecule has 3 fully saturated rings. The molecule has 4 aromatic rings. The third kappa shape index (κ3) is 5.12. The quantitative estimate of drug-likeness (QED) is 0.227. The van der Waals surface area contributed by atoms with Crippen LogP contribution in [-0.4, -0.2) is 82.6 Å². The molecule has 1 amide bonds. The number of amides is 1. The molecule has 0 spiro atoms. The van der Waals surface area contributed by atoms with Crippen molar-refractivity contribution in [3.63, 3.8) is 0 Å². The van der Waals surface area contributed by atoms with E-state index in [0.29, 0.717) is 59.5 Å². The van der Waals surface area contributed by atoms with Crippen LogP contribution in [0.4, 0.5) is 10.2 Å². The lowest BCUT2D eigenvalue weighted by Crippen LogP contribution is -2.55. The number of hydrogen-bond donors (Lipinski definition) is 0. The highest BCUT2D eigenvalue weighted by atomic mass is 35.5. The molecule has 4 heterocycles. The Kier molecular flexibility index (Phi) is 7.99. The molecule has 3 atom stereocenters. The van der Waals surface area contributed by atoms with Gasteiger partial charge in [-0.2, -0.15) is 15.2 Å². The predicted octanol–water partition coefficient (Wildman–Crippen LogP) is 6.01. The number of likely N-dealkylation sites (tertiary alicyclic amines) is 1. The lowest BCUT2D eigenvalue weighted by molar-refractivity contribution is -0.128. The van der Waals surface area contributed by atoms with Gasteiger partial charge in [-0.25, -0.2) is 4.39 Å². The van der Waals surface area contributed by atoms with Gasteiger partial charge < -0.3 is 19.4 Å². The fraction of sp³-hybridized carbons (Fsp3) is 0.400. The lowest BCUT2D eigenvalue weighted by Gasteiger charge is -2.41. The number of fused-ring (bicyclic) bond motifs is 3. The average Bonchev–Trinajstić information content (AvgIpc) is 3.63. The second kappa shape index (κ2) is 12.1. The first-order valence-electron chi connectivity index (χ1n) is 15.8. The smallest absolute Gasteiger partial charge is 0.319 e. The summed E-state index contributed by atoms with van der Waals surface area (Å²) in [5, 5.41) is 12.1. The summed E-state index contributed by atoms with van der Waals surface area (Å²) in [6.07, 6.45) is 7.39. The van der Waals surface area contributed by atoms with Crippen LogP contribution >= 0.6 is 11.6 Å². The molecule has 0 bridgehead atoms. The van der Waals surface area contributed by atoms with Gasteiger partial charge >= 0.3 is 6.01 Å². The van der Waals surface area contributed by atoms with Gasteiger partial charge in [-0.3, -0.25) is 9.78 Å². The summed E-state index contributed by atoms with van der Waals surface area (Å²) in [7, 11) is 2.17. The highest BCUT2D eigenvalue weighted by Gasteiger charge is 2.49. The van der Waals surface area contributed by atoms with E-state index in [9.17, 15) is 10.1 Å². The summed E-state index contributed by atoms with van der Waals surface area (Å²) >= 11 is 6.61. The molecule has 2 aromatic carbocycles. The van der Waals surface area contributed by atoms with Crippen molar-refractivity contribution in [2.75, 3.05) is 44.7 Å². The first-order valence-corrected chi connectivity index (χ1v) is 16.1. The zero-order valence-electron chi connectivity index (χ0n) is 25.8. The Morgan fingerprint density at radius 3 is 2.85 bits per heavy atom. The van der Waals surface area contributed by atoms with Crippen LogP contribution in [0.15, 0.2) is 55.3 Å². The van der Waals surface area contributed by atoms with E-state index in [1.165, 1.54) is 6.08 Å². The first-order chi connectivity index (χ1) is 22.3. The van der Waals surface area contributed by atoms with Crippen LogP contribution in [0.2, 0.25) is 5.02 Å². The Labute approximate surface area is 272 Å². The molecular formula is C35H35ClFN7O2. The number of nitriles is 1. The molecule has 2 unspecified atom stereocenters. The van der Waals surface area contributed by atoms with Crippen LogP contribution < -0.4 is 9.64 Å². The molecule has 2 aromatic heterocycles. The van der Waals surface area contributed by atoms with E-state index < -0.39 is 5.82 Å². The molecular weight excluding hydrogens is 605 g/mol. The van der Waals surface area contributed by atoms with Gasteiger partial charge in [-0.1, -0.05) is 54.9 Å². The lowest BCUT2D eigenvalue weighted by atomic mass is 9.83. The molecule has 2 aliphatic heterocycles. The highest BCUT2D eigenvalue weighted by Crippen LogP contribution is 2.48. The molecule has 2 saturated heterocycles. The van der Waals surface area contributed by atoms with Crippen molar-refractivity contribution < 1.29 is 13.9 Å². The minimum Gasteiger partial charge on any atom is -0.463 e. The number of anilines is 1. The number of pyridine rings is 1. The van der Waals surface area contributed by atoms with E-state index in [-0.39, 0.29) is 41.0 Å². The normalized spacial score (nSPS) is 23.1. The third-order valence-corrected chi connectivity index (χ3v) is 10.5. The molecule has 46 heavy (non-hydrogen) atoms. The highest BCUT2D eigenvalue weighted by molar-refractivity contribution is 6.36. The average molecular weight is 640 g/mol. The fourth-order valence-electron chi connectivity index (χ4n) is 7.85. The number of piperazine rings is 1. The summed E-state index contributed by atoms with van der Waals surface area (Å²) in [6, 6.07) is 13.5. The van der Waals surface area contributed by atoms with Crippen molar-refractivity contribution >= 4 is 45.0 Å². The zero-order chi connectivity index (χ0) is 32.0. The van der Waals surface area contributed by atoms with E-state index in [2.05, 4.69) is 34.6 Å². The molecule has 0 radical (unpaired) electrons. The Morgan fingerprint density at radius 2 is 2.04 bits per heavy atom. The van der Waals surface area contributed by atoms with E-state index in [1.807, 2.05) is 35.2 Å². The monoisotopic (exact) mass is 639 g/mol. The number of aromatic nitrogens is 3. The van der Waals surface area contributed by atoms with Crippen molar-refractivity contribution in [1.82, 2.24) is 24.8 Å². The van der Waals surface area contributed by atoms with Gasteiger partial charge in [0.25, 0.3) is 0 Å². The van der Waals surface area contributed by atoms with E-state index in [1.54, 1.807) is 17.2 Å². The van der Waals surface area contributed by atoms with Crippen molar-refractivity contribution in [3.8, 4) is 23.3 Å². The number of nitrogens with zero attached hydrogens (tertiary/aromatic N) is 7. The molecule has 1 saturated carbocycles. The minimum absolute atomic E-state index is 0.0173. The number of benzene rings is 2. The van der Waals surface area contributed by atoms with Gasteiger partial charge in [0.05, 0.1) is 30.5 Å². The van der Waals surface area contributed by atoms with Crippen LogP contribution in [0, 0.1) is 22.6 Å². The molecule has 236 valence electrons. The second-order valence-corrected chi connectivity index (χ2v) is 13.1. The standard InChI is InChI=1S/C35H35ClFN7O2/c1-3-28(45)44-18-17-43(20-23(44)12-15-38)33-25-19-39-31(24-9-4-7-22-8-5-10-26(36)29(22)24)30(37)32(25)40-34(41-33)46-21-35-13-6-11-27(35)42(2)16-14-35/h3-5,7-10,19,23,27H,1,6,11-14,16-18,20-21H2,2H3/t23-,27?,35?/m0/s1. The van der Waals surface area contributed by atoms with E-state index in [0.717, 1.165) is 37.6 Å². The van der Waals surface area contributed by atoms with Crippen molar-refractivity contribution in [2.45, 2.75) is 44.2 Å². The van der Waals surface area contributed by atoms with Crippen molar-refractivity contribution in [2.24, 2.45) is 5.41 Å². The molecule has 7 rings (SSSR count). The number of hydrogen-bond acceptors (Lipinski definition) is 8.